The summed E-state index contributed by atoms with van der Waals surface area (Å²) in [7, 11) is 0. The molecular formula is HBiO3. The summed E-state index contributed by atoms with van der Waals surface area (Å²) in [4.78, 5) is 0. The fourth-order valence-electron chi connectivity index (χ4n) is 0. The predicted molar refractivity (Wildman–Crippen MR) is 9.35 cm³/mol. The Bertz CT molecular complexity index is 51.7. The molecule has 0 aliphatic rings. The molecule has 0 saturated carbocycles. The molecule has 0 amide bonds. The molecule has 0 bridgehead atoms. The Balaban J connectivity index is 3.51. The average molecular weight is 258 g/mol. The zero-order chi connectivity index (χ0) is 3.58. The van der Waals surface area contributed by atoms with Gasteiger partial charge < -0.3 is 0 Å². The quantitative estimate of drug-likeness (QED) is 0.557. The van der Waals surface area contributed by atoms with E-state index in [-0.39, 0.29) is 0 Å². The first kappa shape index (κ1) is 4.44. The molecule has 0 fully saturated rings. The van der Waals surface area contributed by atoms with Crippen LogP contribution in [0.2, 0.25) is 0 Å². The van der Waals surface area contributed by atoms with Crippen LogP contribution in [-0.4, -0.2) is 25.4 Å². The van der Waals surface area contributed by atoms with Crippen LogP contribution in [0, 0.1) is 0 Å². The average Bonchev–Trinajstić information content (AvgIpc) is 0.811. The van der Waals surface area contributed by atoms with Gasteiger partial charge in [-0.2, -0.15) is 0 Å². The summed E-state index contributed by atoms with van der Waals surface area (Å²) in [6, 6.07) is 0. The zero-order valence-corrected chi connectivity index (χ0v) is 5.19. The van der Waals surface area contributed by atoms with E-state index in [1.165, 1.54) is 0 Å². The summed E-state index contributed by atoms with van der Waals surface area (Å²) in [5, 5.41) is 0. The summed E-state index contributed by atoms with van der Waals surface area (Å²) in [6.07, 6.45) is 0. The number of rotatable bonds is 0. The van der Waals surface area contributed by atoms with Gasteiger partial charge in [0.15, 0.2) is 0 Å². The van der Waals surface area contributed by atoms with Crippen molar-refractivity contribution in [2.75, 3.05) is 0 Å². The summed E-state index contributed by atoms with van der Waals surface area (Å²) in [5.41, 5.74) is 0. The molecule has 0 aliphatic heterocycles. The molecular weight excluding hydrogens is 257 g/mol. The first-order valence-corrected chi connectivity index (χ1v) is 4.96. The third-order valence-electron chi connectivity index (χ3n) is 0. The second-order valence-electron chi connectivity index (χ2n) is 0.238. The monoisotopic (exact) mass is 258 g/mol. The third-order valence-corrected chi connectivity index (χ3v) is 0. The summed E-state index contributed by atoms with van der Waals surface area (Å²) < 4.78 is 24.6. The van der Waals surface area contributed by atoms with E-state index < -0.39 is 22.2 Å². The van der Waals surface area contributed by atoms with Crippen LogP contribution in [0.3, 0.4) is 0 Å². The van der Waals surface area contributed by atoms with Crippen LogP contribution in [0.1, 0.15) is 0 Å². The van der Waals surface area contributed by atoms with Crippen molar-refractivity contribution in [1.82, 2.24) is 0 Å². The minimum absolute atomic E-state index is 4.09. The van der Waals surface area contributed by atoms with Gasteiger partial charge >= 0.3 is 31.0 Å². The van der Waals surface area contributed by atoms with E-state index in [2.05, 4.69) is 0 Å². The summed E-state index contributed by atoms with van der Waals surface area (Å²) in [6.45, 7) is 0. The van der Waals surface area contributed by atoms with Crippen molar-refractivity contribution >= 4 is 22.2 Å². The van der Waals surface area contributed by atoms with Gasteiger partial charge in [-0.05, 0) is 0 Å². The van der Waals surface area contributed by atoms with Crippen LogP contribution in [0.4, 0.5) is 0 Å². The Hall–Kier alpha value is 0.443. The molecule has 0 spiro atoms. The molecule has 0 radical (unpaired) electrons. The van der Waals surface area contributed by atoms with Gasteiger partial charge in [-0.15, -0.1) is 0 Å². The molecule has 0 saturated heterocycles. The van der Waals surface area contributed by atoms with Crippen molar-refractivity contribution in [3.8, 4) is 0 Å². The van der Waals surface area contributed by atoms with Gasteiger partial charge in [-0.25, -0.2) is 0 Å². The zero-order valence-electron chi connectivity index (χ0n) is 1.71. The maximum atomic E-state index is 8.73. The van der Waals surface area contributed by atoms with E-state index in [1.807, 2.05) is 0 Å². The van der Waals surface area contributed by atoms with E-state index in [0.29, 0.717) is 0 Å². The molecule has 1 N–H and O–H groups in total. The molecule has 0 heterocycles. The second kappa shape index (κ2) is 1.73. The molecule has 0 rings (SSSR count). The fraction of sp³-hybridized carbons (Fsp3) is 0. The van der Waals surface area contributed by atoms with Crippen molar-refractivity contribution in [3.63, 3.8) is 0 Å². The molecule has 0 aromatic heterocycles. The Kier molecular flexibility index (Phi) is 1.93. The molecule has 3 nitrogen and oxygen atoms in total. The van der Waals surface area contributed by atoms with E-state index in [0.717, 1.165) is 0 Å². The summed E-state index contributed by atoms with van der Waals surface area (Å²) in [5.74, 6) is 0. The van der Waals surface area contributed by atoms with Gasteiger partial charge in [0.05, 0.1) is 0 Å². The van der Waals surface area contributed by atoms with Crippen molar-refractivity contribution in [3.05, 3.63) is 0 Å². The van der Waals surface area contributed by atoms with E-state index in [9.17, 15) is 0 Å². The molecule has 0 aromatic carbocycles. The van der Waals surface area contributed by atoms with Gasteiger partial charge in [0.25, 0.3) is 0 Å². The van der Waals surface area contributed by atoms with E-state index in [4.69, 9.17) is 8.81 Å². The van der Waals surface area contributed by atoms with Crippen molar-refractivity contribution < 1.29 is 8.81 Å². The van der Waals surface area contributed by atoms with Gasteiger partial charge in [0.2, 0.25) is 0 Å². The second-order valence-corrected chi connectivity index (χ2v) is 2.09. The molecule has 4 heteroatoms. The third kappa shape index (κ3) is 25.9. The molecule has 0 aliphatic carbocycles. The van der Waals surface area contributed by atoms with E-state index in [1.54, 1.807) is 0 Å². The van der Waals surface area contributed by atoms with Crippen molar-refractivity contribution in [1.29, 1.82) is 0 Å². The Labute approximate surface area is 31.4 Å². The SMILES string of the molecule is [O]=[Bi](=[O])[OH]. The van der Waals surface area contributed by atoms with Crippen LogP contribution in [-0.2, 0) is 5.63 Å². The minimum atomic E-state index is -4.09. The predicted octanol–water partition coefficient (Wildman–Crippen LogP) is -1.18. The van der Waals surface area contributed by atoms with Crippen LogP contribution >= 0.6 is 0 Å². The maximum absolute atomic E-state index is 8.73. The van der Waals surface area contributed by atoms with Crippen LogP contribution in [0.5, 0.6) is 0 Å². The first-order valence-electron chi connectivity index (χ1n) is 0.565. The molecule has 0 aromatic rings. The topological polar surface area (TPSA) is 54.4 Å². The Morgan fingerprint density at radius 2 is 1.50 bits per heavy atom. The Morgan fingerprint density at radius 3 is 1.50 bits per heavy atom. The van der Waals surface area contributed by atoms with Gasteiger partial charge in [-0.3, -0.25) is 0 Å². The van der Waals surface area contributed by atoms with Gasteiger partial charge in [0, 0.05) is 0 Å². The number of hydrogen-bond donors (Lipinski definition) is 1. The standard InChI is InChI=1S/Bi.H2O.2O/h;1H2;;/q+1;;;/p-1. The van der Waals surface area contributed by atoms with Crippen molar-refractivity contribution in [2.24, 2.45) is 0 Å². The normalized spacial score (nSPS) is 6.25. The molecule has 0 unspecified atom stereocenters. The number of hydrogen-bond acceptors (Lipinski definition) is 2. The fourth-order valence-corrected chi connectivity index (χ4v) is 0. The summed E-state index contributed by atoms with van der Waals surface area (Å²) >= 11 is -4.09. The molecule has 24 valence electrons. The van der Waals surface area contributed by atoms with Crippen LogP contribution < -0.4 is 0 Å². The van der Waals surface area contributed by atoms with Gasteiger partial charge in [-0.1, -0.05) is 0 Å². The first-order chi connectivity index (χ1) is 1.73. The van der Waals surface area contributed by atoms with Gasteiger partial charge in [0.1, 0.15) is 0 Å². The van der Waals surface area contributed by atoms with E-state index >= 15 is 0 Å². The van der Waals surface area contributed by atoms with Crippen LogP contribution in [0.15, 0.2) is 0 Å². The van der Waals surface area contributed by atoms with Crippen LogP contribution in [0.25, 0.3) is 0 Å². The van der Waals surface area contributed by atoms with Crippen molar-refractivity contribution in [2.45, 2.75) is 0 Å². The molecule has 0 atom stereocenters. The Morgan fingerprint density at radius 1 is 1.50 bits per heavy atom. The molecule has 4 heavy (non-hydrogen) atoms.